The molecular formula is C40H51N3O12S. The van der Waals surface area contributed by atoms with Crippen LogP contribution in [0.3, 0.4) is 0 Å². The number of rotatable bonds is 18. The minimum absolute atomic E-state index is 0.00604. The summed E-state index contributed by atoms with van der Waals surface area (Å²) < 4.78 is 69.1. The number of sulfonamides is 1. The molecule has 0 aliphatic carbocycles. The van der Waals surface area contributed by atoms with Gasteiger partial charge >= 0.3 is 12.2 Å². The molecule has 56 heavy (non-hydrogen) atoms. The van der Waals surface area contributed by atoms with E-state index in [1.807, 2.05) is 68.4 Å². The first-order chi connectivity index (χ1) is 26.9. The lowest BCUT2D eigenvalue weighted by atomic mass is 9.87. The summed E-state index contributed by atoms with van der Waals surface area (Å²) in [6, 6.07) is 20.5. The molecule has 5 atom stereocenters. The molecule has 3 aromatic rings. The van der Waals surface area contributed by atoms with Gasteiger partial charge in [0.15, 0.2) is 17.8 Å². The Morgan fingerprint density at radius 2 is 1.75 bits per heavy atom. The Morgan fingerprint density at radius 3 is 2.52 bits per heavy atom. The molecule has 3 heterocycles. The van der Waals surface area contributed by atoms with Gasteiger partial charge in [-0.1, -0.05) is 56.3 Å². The average Bonchev–Trinajstić information content (AvgIpc) is 3.95. The lowest BCUT2D eigenvalue weighted by molar-refractivity contribution is -0.0907. The third-order valence-corrected chi connectivity index (χ3v) is 11.9. The molecule has 15 nitrogen and oxygen atoms in total. The fourth-order valence-electron chi connectivity index (χ4n) is 6.98. The SMILES string of the molecule is CNC(=O)OCCCC(C)(C)CN(CC(O)C(Cc1ccc(OCc2ccccc2)cc1)NC(=O)OC1COC2OCCC12)S(=O)(=O)c1ccc2c(c1)OCO2. The molecule has 2 amide bonds. The van der Waals surface area contributed by atoms with Crippen LogP contribution in [-0.2, 0) is 42.0 Å². The first-order valence-corrected chi connectivity index (χ1v) is 20.2. The highest BCUT2D eigenvalue weighted by atomic mass is 32.2. The van der Waals surface area contributed by atoms with Crippen molar-refractivity contribution < 1.29 is 56.3 Å². The highest BCUT2D eigenvalue weighted by Gasteiger charge is 2.44. The van der Waals surface area contributed by atoms with E-state index in [1.165, 1.54) is 29.6 Å². The number of alkyl carbamates (subject to hydrolysis) is 2. The maximum absolute atomic E-state index is 14.4. The molecule has 0 aromatic heterocycles. The summed E-state index contributed by atoms with van der Waals surface area (Å²) in [5.41, 5.74) is 1.15. The van der Waals surface area contributed by atoms with Crippen molar-refractivity contribution in [2.75, 3.05) is 46.8 Å². The van der Waals surface area contributed by atoms with Gasteiger partial charge in [-0.05, 0) is 66.5 Å². The molecule has 0 spiro atoms. The van der Waals surface area contributed by atoms with Crippen molar-refractivity contribution in [3.8, 4) is 17.2 Å². The van der Waals surface area contributed by atoms with Gasteiger partial charge in [-0.25, -0.2) is 18.0 Å². The monoisotopic (exact) mass is 797 g/mol. The fraction of sp³-hybridized carbons (Fsp3) is 0.500. The van der Waals surface area contributed by atoms with Gasteiger partial charge < -0.3 is 48.9 Å². The molecule has 3 aliphatic heterocycles. The maximum atomic E-state index is 14.4. The fourth-order valence-corrected chi connectivity index (χ4v) is 8.65. The standard InChI is InChI=1S/C40H51N3O12S/c1-40(2,17-7-18-50-38(45)41-3)25-43(56(47,48)30-14-15-34-35(21-30)54-26-53-34)22-33(44)32(42-39(46)55-36-24-52-37-31(36)16-19-49-37)20-27-10-12-29(13-11-27)51-23-28-8-5-4-6-9-28/h4-6,8-15,21,31-33,36-37,44H,7,16-20,22-26H2,1-3H3,(H,41,45)(H,42,46). The van der Waals surface area contributed by atoms with E-state index in [4.69, 9.17) is 33.2 Å². The summed E-state index contributed by atoms with van der Waals surface area (Å²) in [4.78, 5) is 25.0. The Balaban J connectivity index is 1.21. The first kappa shape index (κ1) is 41.0. The Labute approximate surface area is 327 Å². The Bertz CT molecular complexity index is 1880. The number of amides is 2. The van der Waals surface area contributed by atoms with E-state index >= 15 is 0 Å². The van der Waals surface area contributed by atoms with Gasteiger partial charge in [0, 0.05) is 26.2 Å². The molecule has 3 N–H and O–H groups in total. The highest BCUT2D eigenvalue weighted by Crippen LogP contribution is 2.36. The molecule has 3 aromatic carbocycles. The predicted octanol–water partition coefficient (Wildman–Crippen LogP) is 4.61. The van der Waals surface area contributed by atoms with Gasteiger partial charge in [0.2, 0.25) is 16.8 Å². The van der Waals surface area contributed by atoms with Crippen LogP contribution < -0.4 is 24.8 Å². The number of fused-ring (bicyclic) bond motifs is 2. The van der Waals surface area contributed by atoms with Crippen molar-refractivity contribution in [2.45, 2.75) is 75.6 Å². The van der Waals surface area contributed by atoms with E-state index in [0.717, 1.165) is 11.1 Å². The molecule has 0 radical (unpaired) electrons. The highest BCUT2D eigenvalue weighted by molar-refractivity contribution is 7.89. The zero-order valence-corrected chi connectivity index (χ0v) is 32.7. The summed E-state index contributed by atoms with van der Waals surface area (Å²) >= 11 is 0. The van der Waals surface area contributed by atoms with Gasteiger partial charge in [0.25, 0.3) is 0 Å². The summed E-state index contributed by atoms with van der Waals surface area (Å²) in [5.74, 6) is 1.26. The van der Waals surface area contributed by atoms with Crippen LogP contribution in [0.2, 0.25) is 0 Å². The van der Waals surface area contributed by atoms with Crippen LogP contribution >= 0.6 is 0 Å². The van der Waals surface area contributed by atoms with Crippen molar-refractivity contribution in [3.63, 3.8) is 0 Å². The van der Waals surface area contributed by atoms with Crippen LogP contribution in [-0.4, -0.2) is 101 Å². The second-order valence-electron chi connectivity index (χ2n) is 14.9. The molecule has 2 fully saturated rings. The number of benzene rings is 3. The number of aliphatic hydroxyl groups is 1. The second-order valence-corrected chi connectivity index (χ2v) is 16.8. The van der Waals surface area contributed by atoms with Crippen LogP contribution in [0.4, 0.5) is 9.59 Å². The zero-order chi connectivity index (χ0) is 39.7. The summed E-state index contributed by atoms with van der Waals surface area (Å²) in [5, 5.41) is 17.2. The number of nitrogens with one attached hydrogen (secondary N) is 2. The lowest BCUT2D eigenvalue weighted by Crippen LogP contribution is -2.52. The van der Waals surface area contributed by atoms with Gasteiger partial charge in [0.1, 0.15) is 18.5 Å². The van der Waals surface area contributed by atoms with Gasteiger partial charge in [0.05, 0.1) is 42.8 Å². The minimum Gasteiger partial charge on any atom is -0.489 e. The number of hydrogen-bond donors (Lipinski definition) is 3. The molecule has 0 saturated carbocycles. The van der Waals surface area contributed by atoms with Crippen LogP contribution in [0.25, 0.3) is 0 Å². The minimum atomic E-state index is -4.25. The van der Waals surface area contributed by atoms with Crippen LogP contribution in [0, 0.1) is 11.3 Å². The number of hydrogen-bond acceptors (Lipinski definition) is 12. The average molecular weight is 798 g/mol. The van der Waals surface area contributed by atoms with E-state index in [0.29, 0.717) is 49.7 Å². The molecule has 304 valence electrons. The van der Waals surface area contributed by atoms with Crippen molar-refractivity contribution >= 4 is 22.2 Å². The number of carbonyl (C=O) groups excluding carboxylic acids is 2. The molecule has 5 unspecified atom stereocenters. The first-order valence-electron chi connectivity index (χ1n) is 18.8. The quantitative estimate of drug-likeness (QED) is 0.153. The second kappa shape index (κ2) is 18.6. The third kappa shape index (κ3) is 10.8. The number of aliphatic hydroxyl groups excluding tert-OH is 1. The molecule has 16 heteroatoms. The summed E-state index contributed by atoms with van der Waals surface area (Å²) in [6.07, 6.45) is -1.87. The Morgan fingerprint density at radius 1 is 0.982 bits per heavy atom. The van der Waals surface area contributed by atoms with Crippen molar-refractivity contribution in [1.29, 1.82) is 0 Å². The van der Waals surface area contributed by atoms with E-state index in [2.05, 4.69) is 10.6 Å². The van der Waals surface area contributed by atoms with Crippen LogP contribution in [0.1, 0.15) is 44.2 Å². The largest absolute Gasteiger partial charge is 0.489 e. The Hall–Kier alpha value is -4.61. The molecular weight excluding hydrogens is 747 g/mol. The van der Waals surface area contributed by atoms with E-state index in [9.17, 15) is 23.1 Å². The van der Waals surface area contributed by atoms with Gasteiger partial charge in [-0.2, -0.15) is 4.31 Å². The molecule has 0 bridgehead atoms. The van der Waals surface area contributed by atoms with E-state index in [-0.39, 0.29) is 50.3 Å². The van der Waals surface area contributed by atoms with E-state index in [1.54, 1.807) is 0 Å². The number of nitrogens with zero attached hydrogens (tertiary/aromatic N) is 1. The molecule has 3 aliphatic rings. The lowest BCUT2D eigenvalue weighted by Gasteiger charge is -2.35. The van der Waals surface area contributed by atoms with E-state index < -0.39 is 52.2 Å². The van der Waals surface area contributed by atoms with Crippen LogP contribution in [0.5, 0.6) is 17.2 Å². The van der Waals surface area contributed by atoms with Gasteiger partial charge in [-0.3, -0.25) is 0 Å². The van der Waals surface area contributed by atoms with Crippen molar-refractivity contribution in [1.82, 2.24) is 14.9 Å². The number of carbonyl (C=O) groups is 2. The number of ether oxygens (including phenoxy) is 7. The Kier molecular flexibility index (Phi) is 13.6. The van der Waals surface area contributed by atoms with Crippen molar-refractivity contribution in [3.05, 3.63) is 83.9 Å². The van der Waals surface area contributed by atoms with Crippen LogP contribution in [0.15, 0.2) is 77.7 Å². The molecule has 6 rings (SSSR count). The maximum Gasteiger partial charge on any atom is 0.407 e. The summed E-state index contributed by atoms with van der Waals surface area (Å²) in [7, 11) is -2.78. The normalized spacial score (nSPS) is 19.9. The zero-order valence-electron chi connectivity index (χ0n) is 31.9. The van der Waals surface area contributed by atoms with Crippen molar-refractivity contribution in [2.24, 2.45) is 11.3 Å². The topological polar surface area (TPSA) is 180 Å². The summed E-state index contributed by atoms with van der Waals surface area (Å²) in [6.45, 7) is 4.62. The molecule has 2 saturated heterocycles. The van der Waals surface area contributed by atoms with Gasteiger partial charge in [-0.15, -0.1) is 0 Å². The predicted molar refractivity (Wildman–Crippen MR) is 203 cm³/mol. The smallest absolute Gasteiger partial charge is 0.407 e. The third-order valence-electron chi connectivity index (χ3n) is 10.1.